The summed E-state index contributed by atoms with van der Waals surface area (Å²) in [6.45, 7) is 2.02. The van der Waals surface area contributed by atoms with Gasteiger partial charge in [0.2, 0.25) is 5.91 Å². The molecule has 2 rings (SSSR count). The van der Waals surface area contributed by atoms with E-state index in [-0.39, 0.29) is 12.3 Å². The number of aryl methyl sites for hydroxylation is 1. The SMILES string of the molecule is CC(=O)Nc1ncnc2c1ncn2CCCCC(=O)O. The van der Waals surface area contributed by atoms with Gasteiger partial charge < -0.3 is 15.0 Å². The van der Waals surface area contributed by atoms with Crippen LogP contribution < -0.4 is 5.32 Å². The number of rotatable bonds is 6. The molecule has 0 aliphatic heterocycles. The van der Waals surface area contributed by atoms with Gasteiger partial charge in [0.25, 0.3) is 0 Å². The van der Waals surface area contributed by atoms with Gasteiger partial charge in [-0.25, -0.2) is 15.0 Å². The average molecular weight is 277 g/mol. The van der Waals surface area contributed by atoms with Crippen LogP contribution in [0.2, 0.25) is 0 Å². The summed E-state index contributed by atoms with van der Waals surface area (Å²) in [7, 11) is 0. The molecule has 0 saturated heterocycles. The Morgan fingerprint density at radius 2 is 2.10 bits per heavy atom. The Morgan fingerprint density at radius 1 is 1.30 bits per heavy atom. The van der Waals surface area contributed by atoms with Crippen molar-refractivity contribution in [3.05, 3.63) is 12.7 Å². The summed E-state index contributed by atoms with van der Waals surface area (Å²) in [5.41, 5.74) is 1.15. The highest BCUT2D eigenvalue weighted by Crippen LogP contribution is 2.17. The van der Waals surface area contributed by atoms with Crippen molar-refractivity contribution in [3.63, 3.8) is 0 Å². The van der Waals surface area contributed by atoms with Gasteiger partial charge in [0.1, 0.15) is 6.33 Å². The van der Waals surface area contributed by atoms with Crippen LogP contribution in [0, 0.1) is 0 Å². The number of anilines is 1. The van der Waals surface area contributed by atoms with Crippen LogP contribution in [0.4, 0.5) is 5.82 Å². The van der Waals surface area contributed by atoms with Crippen LogP contribution in [0.3, 0.4) is 0 Å². The predicted molar refractivity (Wildman–Crippen MR) is 71.1 cm³/mol. The summed E-state index contributed by atoms with van der Waals surface area (Å²) in [5.74, 6) is -0.636. The summed E-state index contributed by atoms with van der Waals surface area (Å²) in [4.78, 5) is 33.8. The third-order valence-electron chi connectivity index (χ3n) is 2.74. The number of unbranched alkanes of at least 4 members (excludes halogenated alkanes) is 1. The van der Waals surface area contributed by atoms with Crippen molar-refractivity contribution >= 4 is 28.9 Å². The number of hydrogen-bond donors (Lipinski definition) is 2. The molecule has 2 heterocycles. The van der Waals surface area contributed by atoms with Gasteiger partial charge in [0.15, 0.2) is 17.0 Å². The second-order valence-electron chi connectivity index (χ2n) is 4.36. The summed E-state index contributed by atoms with van der Waals surface area (Å²) in [6, 6.07) is 0. The zero-order chi connectivity index (χ0) is 14.5. The highest BCUT2D eigenvalue weighted by molar-refractivity contribution is 5.95. The predicted octanol–water partition coefficient (Wildman–Crippen LogP) is 1.04. The number of fused-ring (bicyclic) bond motifs is 1. The van der Waals surface area contributed by atoms with Gasteiger partial charge in [-0.05, 0) is 12.8 Å². The van der Waals surface area contributed by atoms with Crippen molar-refractivity contribution in [2.45, 2.75) is 32.7 Å². The van der Waals surface area contributed by atoms with Crippen molar-refractivity contribution in [2.24, 2.45) is 0 Å². The molecule has 0 spiro atoms. The molecule has 2 aromatic heterocycles. The van der Waals surface area contributed by atoms with Crippen LogP contribution in [0.5, 0.6) is 0 Å². The van der Waals surface area contributed by atoms with Crippen LogP contribution in [0.25, 0.3) is 11.2 Å². The molecule has 8 nitrogen and oxygen atoms in total. The van der Waals surface area contributed by atoms with Crippen LogP contribution in [0.15, 0.2) is 12.7 Å². The monoisotopic (exact) mass is 277 g/mol. The number of aliphatic carboxylic acids is 1. The van der Waals surface area contributed by atoms with E-state index in [1.54, 1.807) is 6.33 Å². The zero-order valence-electron chi connectivity index (χ0n) is 11.0. The van der Waals surface area contributed by atoms with Crippen molar-refractivity contribution < 1.29 is 14.7 Å². The largest absolute Gasteiger partial charge is 0.481 e. The van der Waals surface area contributed by atoms with E-state index in [4.69, 9.17) is 5.11 Å². The zero-order valence-corrected chi connectivity index (χ0v) is 11.0. The van der Waals surface area contributed by atoms with E-state index in [9.17, 15) is 9.59 Å². The number of carbonyl (C=O) groups is 2. The first kappa shape index (κ1) is 13.9. The molecule has 0 unspecified atom stereocenters. The minimum atomic E-state index is -0.796. The number of nitrogens with zero attached hydrogens (tertiary/aromatic N) is 4. The van der Waals surface area contributed by atoms with Gasteiger partial charge in [-0.1, -0.05) is 0 Å². The Kier molecular flexibility index (Phi) is 4.24. The lowest BCUT2D eigenvalue weighted by Crippen LogP contribution is -2.08. The molecule has 0 radical (unpaired) electrons. The van der Waals surface area contributed by atoms with Gasteiger partial charge in [0, 0.05) is 19.9 Å². The maximum atomic E-state index is 11.1. The lowest BCUT2D eigenvalue weighted by atomic mass is 10.2. The molecule has 0 fully saturated rings. The fraction of sp³-hybridized carbons (Fsp3) is 0.417. The van der Waals surface area contributed by atoms with E-state index in [2.05, 4.69) is 20.3 Å². The second-order valence-corrected chi connectivity index (χ2v) is 4.36. The van der Waals surface area contributed by atoms with E-state index in [0.29, 0.717) is 29.9 Å². The highest BCUT2D eigenvalue weighted by Gasteiger charge is 2.10. The Labute approximate surface area is 114 Å². The van der Waals surface area contributed by atoms with Crippen molar-refractivity contribution in [1.29, 1.82) is 0 Å². The van der Waals surface area contributed by atoms with E-state index >= 15 is 0 Å². The minimum absolute atomic E-state index is 0.152. The Balaban J connectivity index is 2.11. The molecule has 0 aliphatic rings. The normalized spacial score (nSPS) is 10.7. The van der Waals surface area contributed by atoms with Crippen LogP contribution in [0.1, 0.15) is 26.2 Å². The van der Waals surface area contributed by atoms with Gasteiger partial charge >= 0.3 is 5.97 Å². The molecular weight excluding hydrogens is 262 g/mol. The first-order valence-electron chi connectivity index (χ1n) is 6.23. The smallest absolute Gasteiger partial charge is 0.303 e. The van der Waals surface area contributed by atoms with Crippen LogP contribution in [-0.2, 0) is 16.1 Å². The third kappa shape index (κ3) is 3.28. The molecule has 8 heteroatoms. The second kappa shape index (κ2) is 6.09. The van der Waals surface area contributed by atoms with Crippen molar-refractivity contribution in [2.75, 3.05) is 5.32 Å². The van der Waals surface area contributed by atoms with E-state index in [1.165, 1.54) is 13.3 Å². The number of nitrogens with one attached hydrogen (secondary N) is 1. The molecule has 20 heavy (non-hydrogen) atoms. The maximum Gasteiger partial charge on any atom is 0.303 e. The summed E-state index contributed by atoms with van der Waals surface area (Å²) in [6.07, 6.45) is 4.45. The Hall–Kier alpha value is -2.51. The summed E-state index contributed by atoms with van der Waals surface area (Å²) >= 11 is 0. The molecule has 2 N–H and O–H groups in total. The average Bonchev–Trinajstić information content (AvgIpc) is 2.78. The molecule has 0 bridgehead atoms. The van der Waals surface area contributed by atoms with E-state index in [0.717, 1.165) is 6.42 Å². The minimum Gasteiger partial charge on any atom is -0.481 e. The van der Waals surface area contributed by atoms with E-state index < -0.39 is 5.97 Å². The van der Waals surface area contributed by atoms with Gasteiger partial charge in [0.05, 0.1) is 6.33 Å². The van der Waals surface area contributed by atoms with Gasteiger partial charge in [-0.3, -0.25) is 9.59 Å². The Morgan fingerprint density at radius 3 is 2.80 bits per heavy atom. The van der Waals surface area contributed by atoms with Crippen molar-refractivity contribution in [3.8, 4) is 0 Å². The number of hydrogen-bond acceptors (Lipinski definition) is 5. The highest BCUT2D eigenvalue weighted by atomic mass is 16.4. The lowest BCUT2D eigenvalue weighted by molar-refractivity contribution is -0.137. The van der Waals surface area contributed by atoms with Gasteiger partial charge in [-0.15, -0.1) is 0 Å². The molecule has 0 atom stereocenters. The fourth-order valence-corrected chi connectivity index (χ4v) is 1.86. The standard InChI is InChI=1S/C12H15N5O3/c1-8(18)16-11-10-12(14-6-13-11)17(7-15-10)5-3-2-4-9(19)20/h6-7H,2-5H2,1H3,(H,19,20)(H,13,14,16,18). The topological polar surface area (TPSA) is 110 Å². The van der Waals surface area contributed by atoms with Crippen molar-refractivity contribution in [1.82, 2.24) is 19.5 Å². The van der Waals surface area contributed by atoms with E-state index in [1.807, 2.05) is 4.57 Å². The molecule has 1 amide bonds. The quantitative estimate of drug-likeness (QED) is 0.763. The van der Waals surface area contributed by atoms with Gasteiger partial charge in [-0.2, -0.15) is 0 Å². The number of amides is 1. The summed E-state index contributed by atoms with van der Waals surface area (Å²) < 4.78 is 1.82. The number of carbonyl (C=O) groups excluding carboxylic acids is 1. The first-order chi connectivity index (χ1) is 9.58. The molecule has 2 aromatic rings. The molecule has 0 saturated carbocycles. The number of carboxylic acid groups (broad SMARTS) is 1. The summed E-state index contributed by atoms with van der Waals surface area (Å²) in [5, 5.41) is 11.2. The first-order valence-corrected chi connectivity index (χ1v) is 6.23. The maximum absolute atomic E-state index is 11.1. The lowest BCUT2D eigenvalue weighted by Gasteiger charge is -2.04. The third-order valence-corrected chi connectivity index (χ3v) is 2.74. The number of imidazole rings is 1. The fourth-order valence-electron chi connectivity index (χ4n) is 1.86. The Bertz CT molecular complexity index is 637. The van der Waals surface area contributed by atoms with Crippen LogP contribution in [-0.4, -0.2) is 36.5 Å². The molecule has 106 valence electrons. The molecular formula is C12H15N5O3. The number of carboxylic acids is 1. The molecule has 0 aliphatic carbocycles. The van der Waals surface area contributed by atoms with Crippen LogP contribution >= 0.6 is 0 Å². The number of aromatic nitrogens is 4. The molecule has 0 aromatic carbocycles.